The Bertz CT molecular complexity index is 945. The van der Waals surface area contributed by atoms with Crippen LogP contribution in [-0.4, -0.2) is 41.0 Å². The summed E-state index contributed by atoms with van der Waals surface area (Å²) in [5.74, 6) is 2.45. The first kappa shape index (κ1) is 23.7. The number of aryl methyl sites for hydroxylation is 3. The average Bonchev–Trinajstić information content (AvgIpc) is 3.14. The van der Waals surface area contributed by atoms with E-state index in [1.165, 1.54) is 0 Å². The minimum absolute atomic E-state index is 0. The molecule has 0 radical (unpaired) electrons. The van der Waals surface area contributed by atoms with Crippen molar-refractivity contribution >= 4 is 12.4 Å². The van der Waals surface area contributed by atoms with Gasteiger partial charge in [-0.3, -0.25) is 0 Å². The average molecular weight is 432 g/mol. The Morgan fingerprint density at radius 2 is 1.97 bits per heavy atom. The number of benzene rings is 2. The van der Waals surface area contributed by atoms with Gasteiger partial charge in [0.05, 0.1) is 13.2 Å². The van der Waals surface area contributed by atoms with Crippen LogP contribution in [0.1, 0.15) is 28.6 Å². The normalized spacial score (nSPS) is 12.7. The highest BCUT2D eigenvalue weighted by molar-refractivity contribution is 5.85. The smallest absolute Gasteiger partial charge is 0.130 e. The Balaban J connectivity index is 0.00000320. The quantitative estimate of drug-likeness (QED) is 0.542. The Morgan fingerprint density at radius 3 is 2.67 bits per heavy atom. The molecule has 1 heterocycles. The van der Waals surface area contributed by atoms with E-state index in [1.54, 1.807) is 13.3 Å². The zero-order valence-corrected chi connectivity index (χ0v) is 18.6. The van der Waals surface area contributed by atoms with E-state index in [4.69, 9.17) is 9.47 Å². The molecule has 0 amide bonds. The maximum absolute atomic E-state index is 10.5. The minimum atomic E-state index is -0.664. The van der Waals surface area contributed by atoms with Gasteiger partial charge >= 0.3 is 0 Å². The Labute approximate surface area is 184 Å². The number of nitrogens with one attached hydrogen (secondary N) is 1. The van der Waals surface area contributed by atoms with Crippen LogP contribution in [0, 0.1) is 13.8 Å². The predicted octanol–water partition coefficient (Wildman–Crippen LogP) is 3.59. The maximum Gasteiger partial charge on any atom is 0.130 e. The molecule has 0 fully saturated rings. The molecule has 0 saturated heterocycles. The Hall–Kier alpha value is -2.54. The van der Waals surface area contributed by atoms with E-state index in [-0.39, 0.29) is 25.1 Å². The first-order valence-electron chi connectivity index (χ1n) is 9.70. The fraction of sp³-hybridized carbons (Fsp3) is 0.348. The van der Waals surface area contributed by atoms with E-state index in [9.17, 15) is 5.11 Å². The first-order valence-corrected chi connectivity index (χ1v) is 9.70. The van der Waals surface area contributed by atoms with Gasteiger partial charge in [-0.1, -0.05) is 24.3 Å². The van der Waals surface area contributed by atoms with E-state index >= 15 is 0 Å². The Kier molecular flexibility index (Phi) is 8.72. The number of aliphatic hydroxyl groups is 1. The predicted molar refractivity (Wildman–Crippen MR) is 121 cm³/mol. The molecule has 0 saturated carbocycles. The van der Waals surface area contributed by atoms with Crippen LogP contribution < -0.4 is 14.8 Å². The summed E-state index contributed by atoms with van der Waals surface area (Å²) < 4.78 is 13.2. The van der Waals surface area contributed by atoms with Crippen molar-refractivity contribution in [3.8, 4) is 11.5 Å². The van der Waals surface area contributed by atoms with Crippen molar-refractivity contribution in [2.24, 2.45) is 7.05 Å². The third kappa shape index (κ3) is 5.98. The standard InChI is InChI=1S/C23H29N3O3.ClH/c1-16-8-9-17(2)21(12-16)29-15-19(27)14-25-22(23-24-10-11-26(23)3)18-6-5-7-20(13-18)28-4;/h5-13,19,22,25,27H,14-15H2,1-4H3;1H. The molecule has 0 spiro atoms. The topological polar surface area (TPSA) is 68.5 Å². The van der Waals surface area contributed by atoms with Gasteiger partial charge in [0.25, 0.3) is 0 Å². The Morgan fingerprint density at radius 1 is 1.17 bits per heavy atom. The molecule has 0 aliphatic carbocycles. The van der Waals surface area contributed by atoms with Gasteiger partial charge in [-0.05, 0) is 48.7 Å². The van der Waals surface area contributed by atoms with Crippen molar-refractivity contribution in [2.75, 3.05) is 20.3 Å². The van der Waals surface area contributed by atoms with Crippen LogP contribution in [0.15, 0.2) is 54.9 Å². The molecule has 0 bridgehead atoms. The van der Waals surface area contributed by atoms with Gasteiger partial charge in [0.2, 0.25) is 0 Å². The molecule has 3 aromatic rings. The SMILES string of the molecule is COc1cccc(C(NCC(O)COc2cc(C)ccc2C)c2nccn2C)c1.Cl. The third-order valence-electron chi connectivity index (χ3n) is 4.88. The van der Waals surface area contributed by atoms with Crippen LogP contribution in [0.25, 0.3) is 0 Å². The zero-order valence-electron chi connectivity index (χ0n) is 17.8. The summed E-state index contributed by atoms with van der Waals surface area (Å²) in [5, 5.41) is 13.9. The van der Waals surface area contributed by atoms with Crippen molar-refractivity contribution in [3.63, 3.8) is 0 Å². The summed E-state index contributed by atoms with van der Waals surface area (Å²) in [5.41, 5.74) is 3.20. The van der Waals surface area contributed by atoms with Crippen LogP contribution in [0.3, 0.4) is 0 Å². The van der Waals surface area contributed by atoms with E-state index in [2.05, 4.69) is 10.3 Å². The lowest BCUT2D eigenvalue weighted by Crippen LogP contribution is -2.35. The second-order valence-electron chi connectivity index (χ2n) is 7.25. The highest BCUT2D eigenvalue weighted by Gasteiger charge is 2.20. The van der Waals surface area contributed by atoms with Gasteiger partial charge in [0.1, 0.15) is 30.0 Å². The number of ether oxygens (including phenoxy) is 2. The summed E-state index contributed by atoms with van der Waals surface area (Å²) in [7, 11) is 3.61. The van der Waals surface area contributed by atoms with Crippen molar-refractivity contribution in [1.82, 2.24) is 14.9 Å². The molecule has 1 aromatic heterocycles. The molecule has 7 heteroatoms. The number of imidazole rings is 1. The number of hydrogen-bond acceptors (Lipinski definition) is 5. The van der Waals surface area contributed by atoms with E-state index in [1.807, 2.05) is 74.1 Å². The van der Waals surface area contributed by atoms with Crippen molar-refractivity contribution in [1.29, 1.82) is 0 Å². The number of hydrogen-bond donors (Lipinski definition) is 2. The molecular weight excluding hydrogens is 402 g/mol. The lowest BCUT2D eigenvalue weighted by Gasteiger charge is -2.22. The van der Waals surface area contributed by atoms with Crippen molar-refractivity contribution in [2.45, 2.75) is 26.0 Å². The van der Waals surface area contributed by atoms with Gasteiger partial charge in [-0.15, -0.1) is 12.4 Å². The molecule has 0 aliphatic heterocycles. The molecule has 3 rings (SSSR count). The van der Waals surface area contributed by atoms with Crippen LogP contribution in [0.2, 0.25) is 0 Å². The number of aliphatic hydroxyl groups excluding tert-OH is 1. The lowest BCUT2D eigenvalue weighted by atomic mass is 10.1. The lowest BCUT2D eigenvalue weighted by molar-refractivity contribution is 0.104. The second kappa shape index (κ2) is 11.0. The van der Waals surface area contributed by atoms with Gasteiger partial charge in [-0.25, -0.2) is 4.98 Å². The molecule has 2 N–H and O–H groups in total. The monoisotopic (exact) mass is 431 g/mol. The molecule has 162 valence electrons. The highest BCUT2D eigenvalue weighted by Crippen LogP contribution is 2.24. The molecule has 6 nitrogen and oxygen atoms in total. The van der Waals surface area contributed by atoms with Crippen molar-refractivity contribution in [3.05, 3.63) is 77.4 Å². The minimum Gasteiger partial charge on any atom is -0.497 e. The van der Waals surface area contributed by atoms with Crippen LogP contribution in [0.4, 0.5) is 0 Å². The third-order valence-corrected chi connectivity index (χ3v) is 4.88. The fourth-order valence-corrected chi connectivity index (χ4v) is 3.20. The number of rotatable bonds is 9. The van der Waals surface area contributed by atoms with Gasteiger partial charge in [0.15, 0.2) is 0 Å². The zero-order chi connectivity index (χ0) is 20.8. The first-order chi connectivity index (χ1) is 14.0. The van der Waals surface area contributed by atoms with Gasteiger partial charge < -0.3 is 24.5 Å². The summed E-state index contributed by atoms with van der Waals surface area (Å²) in [6.07, 6.45) is 3.01. The summed E-state index contributed by atoms with van der Waals surface area (Å²) >= 11 is 0. The summed E-state index contributed by atoms with van der Waals surface area (Å²) in [4.78, 5) is 4.49. The van der Waals surface area contributed by atoms with Crippen LogP contribution in [-0.2, 0) is 7.05 Å². The van der Waals surface area contributed by atoms with Crippen LogP contribution >= 0.6 is 12.4 Å². The van der Waals surface area contributed by atoms with E-state index < -0.39 is 6.10 Å². The van der Waals surface area contributed by atoms with E-state index in [0.717, 1.165) is 34.0 Å². The number of halogens is 1. The molecular formula is C23H30ClN3O3. The largest absolute Gasteiger partial charge is 0.497 e. The highest BCUT2D eigenvalue weighted by atomic mass is 35.5. The number of aromatic nitrogens is 2. The van der Waals surface area contributed by atoms with Gasteiger partial charge in [-0.2, -0.15) is 0 Å². The van der Waals surface area contributed by atoms with Crippen molar-refractivity contribution < 1.29 is 14.6 Å². The molecule has 2 atom stereocenters. The summed E-state index contributed by atoms with van der Waals surface area (Å²) in [6.45, 7) is 4.59. The number of nitrogens with zero attached hydrogens (tertiary/aromatic N) is 2. The molecule has 2 aromatic carbocycles. The fourth-order valence-electron chi connectivity index (χ4n) is 3.20. The van der Waals surface area contributed by atoms with Gasteiger partial charge in [0, 0.05) is 26.0 Å². The molecule has 0 aliphatic rings. The molecule has 2 unspecified atom stereocenters. The second-order valence-corrected chi connectivity index (χ2v) is 7.25. The maximum atomic E-state index is 10.5. The summed E-state index contributed by atoms with van der Waals surface area (Å²) in [6, 6.07) is 13.7. The number of methoxy groups -OCH3 is 1. The molecule has 30 heavy (non-hydrogen) atoms. The van der Waals surface area contributed by atoms with Crippen LogP contribution in [0.5, 0.6) is 11.5 Å². The van der Waals surface area contributed by atoms with E-state index in [0.29, 0.717) is 6.54 Å².